The molecule has 0 saturated carbocycles. The highest BCUT2D eigenvalue weighted by Gasteiger charge is 2.48. The van der Waals surface area contributed by atoms with Crippen LogP contribution in [0.5, 0.6) is 0 Å². The van der Waals surface area contributed by atoms with E-state index in [2.05, 4.69) is 38.6 Å². The molecule has 1 heterocycles. The van der Waals surface area contributed by atoms with E-state index in [1.807, 2.05) is 13.8 Å². The van der Waals surface area contributed by atoms with E-state index in [0.717, 1.165) is 0 Å². The van der Waals surface area contributed by atoms with Crippen molar-refractivity contribution in [3.8, 4) is 0 Å². The van der Waals surface area contributed by atoms with E-state index in [1.54, 1.807) is 6.92 Å². The first-order chi connectivity index (χ1) is 11.6. The van der Waals surface area contributed by atoms with Crippen LogP contribution in [0.1, 0.15) is 41.5 Å². The minimum absolute atomic E-state index is 0.0497. The predicted octanol–water partition coefficient (Wildman–Crippen LogP) is 2.06. The monoisotopic (exact) mass is 392 g/mol. The molecule has 0 unspecified atom stereocenters. The van der Waals surface area contributed by atoms with Gasteiger partial charge in [0.15, 0.2) is 20.2 Å². The van der Waals surface area contributed by atoms with Gasteiger partial charge in [0.05, 0.1) is 25.9 Å². The van der Waals surface area contributed by atoms with Crippen LogP contribution in [0.2, 0.25) is 18.1 Å². The standard InChI is InChI=1S/C18H36O7Si/c1-11(13(19)14(20)16(21)22-7)15(12-10-23-18(5,6)24-12)25-26(8,9)17(2,3)4/h11-15,19-20H,10H2,1-9H3/t11-,12-,13-,14+,15-/m1/s1. The molecule has 0 aliphatic carbocycles. The molecule has 0 amide bonds. The van der Waals surface area contributed by atoms with Crippen LogP contribution in [-0.4, -0.2) is 68.4 Å². The number of carbonyl (C=O) groups excluding carboxylic acids is 1. The first-order valence-electron chi connectivity index (χ1n) is 9.06. The molecule has 0 radical (unpaired) electrons. The second-order valence-corrected chi connectivity index (χ2v) is 13.8. The van der Waals surface area contributed by atoms with Crippen molar-refractivity contribution in [3.05, 3.63) is 0 Å². The number of rotatable bonds is 7. The fourth-order valence-corrected chi connectivity index (χ4v) is 4.06. The normalized spacial score (nSPS) is 25.4. The summed E-state index contributed by atoms with van der Waals surface area (Å²) >= 11 is 0. The minimum atomic E-state index is -2.21. The molecule has 0 spiro atoms. The smallest absolute Gasteiger partial charge is 0.337 e. The third kappa shape index (κ3) is 5.50. The fraction of sp³-hybridized carbons (Fsp3) is 0.944. The zero-order valence-electron chi connectivity index (χ0n) is 17.5. The summed E-state index contributed by atoms with van der Waals surface area (Å²) < 4.78 is 22.7. The molecule has 26 heavy (non-hydrogen) atoms. The number of aliphatic hydroxyl groups excluding tert-OH is 2. The average Bonchev–Trinajstić information content (AvgIpc) is 2.88. The number of ether oxygens (including phenoxy) is 3. The number of carbonyl (C=O) groups is 1. The number of methoxy groups -OCH3 is 1. The zero-order chi connectivity index (χ0) is 20.5. The van der Waals surface area contributed by atoms with Gasteiger partial charge >= 0.3 is 5.97 Å². The summed E-state index contributed by atoms with van der Waals surface area (Å²) in [7, 11) is -1.04. The van der Waals surface area contributed by atoms with Crippen LogP contribution in [0.15, 0.2) is 0 Å². The maximum Gasteiger partial charge on any atom is 0.337 e. The van der Waals surface area contributed by atoms with Gasteiger partial charge < -0.3 is 28.8 Å². The van der Waals surface area contributed by atoms with E-state index >= 15 is 0 Å². The third-order valence-electron chi connectivity index (χ3n) is 5.46. The van der Waals surface area contributed by atoms with Gasteiger partial charge in [-0.05, 0) is 32.0 Å². The summed E-state index contributed by atoms with van der Waals surface area (Å²) in [5, 5.41) is 20.6. The average molecular weight is 393 g/mol. The molecule has 1 aliphatic heterocycles. The molecule has 1 saturated heterocycles. The molecule has 0 aromatic carbocycles. The molecule has 5 atom stereocenters. The van der Waals surface area contributed by atoms with Gasteiger partial charge in [-0.2, -0.15) is 0 Å². The Balaban J connectivity index is 3.09. The van der Waals surface area contributed by atoms with Crippen molar-refractivity contribution < 1.29 is 33.6 Å². The maximum absolute atomic E-state index is 11.6. The lowest BCUT2D eigenvalue weighted by molar-refractivity contribution is -0.169. The summed E-state index contributed by atoms with van der Waals surface area (Å²) in [6, 6.07) is 0. The van der Waals surface area contributed by atoms with Crippen molar-refractivity contribution in [1.29, 1.82) is 0 Å². The van der Waals surface area contributed by atoms with Gasteiger partial charge in [-0.25, -0.2) is 4.79 Å². The third-order valence-corrected chi connectivity index (χ3v) is 9.93. The first-order valence-corrected chi connectivity index (χ1v) is 12.0. The van der Waals surface area contributed by atoms with Crippen molar-refractivity contribution in [2.75, 3.05) is 13.7 Å². The topological polar surface area (TPSA) is 94.5 Å². The van der Waals surface area contributed by atoms with Gasteiger partial charge in [-0.15, -0.1) is 0 Å². The summed E-state index contributed by atoms with van der Waals surface area (Å²) in [5.74, 6) is -2.19. The molecular formula is C18H36O7Si. The Morgan fingerprint density at radius 2 is 1.81 bits per heavy atom. The second kappa shape index (κ2) is 8.24. The zero-order valence-corrected chi connectivity index (χ0v) is 18.5. The van der Waals surface area contributed by atoms with E-state index in [-0.39, 0.29) is 5.04 Å². The number of esters is 1. The summed E-state index contributed by atoms with van der Waals surface area (Å²) in [6.45, 7) is 16.3. The van der Waals surface area contributed by atoms with E-state index in [4.69, 9.17) is 13.9 Å². The van der Waals surface area contributed by atoms with Crippen LogP contribution in [0.25, 0.3) is 0 Å². The molecule has 7 nitrogen and oxygen atoms in total. The highest BCUT2D eigenvalue weighted by molar-refractivity contribution is 6.74. The molecule has 0 aromatic heterocycles. The van der Waals surface area contributed by atoms with Crippen molar-refractivity contribution in [1.82, 2.24) is 0 Å². The number of hydrogen-bond donors (Lipinski definition) is 2. The van der Waals surface area contributed by atoms with E-state index < -0.39 is 50.4 Å². The van der Waals surface area contributed by atoms with Crippen molar-refractivity contribution in [3.63, 3.8) is 0 Å². The fourth-order valence-electron chi connectivity index (χ4n) is 2.66. The van der Waals surface area contributed by atoms with E-state index in [0.29, 0.717) is 6.61 Å². The Kier molecular flexibility index (Phi) is 7.46. The van der Waals surface area contributed by atoms with Crippen LogP contribution in [0, 0.1) is 5.92 Å². The molecule has 0 aromatic rings. The van der Waals surface area contributed by atoms with Crippen LogP contribution < -0.4 is 0 Å². The van der Waals surface area contributed by atoms with Crippen LogP contribution in [-0.2, 0) is 23.4 Å². The van der Waals surface area contributed by atoms with Crippen molar-refractivity contribution in [2.45, 2.75) is 89.9 Å². The molecule has 1 rings (SSSR count). The Bertz CT molecular complexity index is 486. The van der Waals surface area contributed by atoms with Crippen LogP contribution in [0.4, 0.5) is 0 Å². The van der Waals surface area contributed by atoms with Gasteiger partial charge in [0.2, 0.25) is 0 Å². The number of hydrogen-bond acceptors (Lipinski definition) is 7. The summed E-state index contributed by atoms with van der Waals surface area (Å²) in [6.07, 6.45) is -3.93. The molecule has 154 valence electrons. The first kappa shape index (κ1) is 23.5. The quantitative estimate of drug-likeness (QED) is 0.506. The minimum Gasteiger partial charge on any atom is -0.467 e. The Morgan fingerprint density at radius 1 is 1.27 bits per heavy atom. The highest BCUT2D eigenvalue weighted by Crippen LogP contribution is 2.40. The van der Waals surface area contributed by atoms with Gasteiger partial charge in [0.1, 0.15) is 6.10 Å². The van der Waals surface area contributed by atoms with Gasteiger partial charge in [-0.1, -0.05) is 27.7 Å². The van der Waals surface area contributed by atoms with Gasteiger partial charge in [-0.3, -0.25) is 0 Å². The highest BCUT2D eigenvalue weighted by atomic mass is 28.4. The molecule has 2 N–H and O–H groups in total. The lowest BCUT2D eigenvalue weighted by Crippen LogP contribution is -2.54. The summed E-state index contributed by atoms with van der Waals surface area (Å²) in [5.41, 5.74) is 0. The molecular weight excluding hydrogens is 356 g/mol. The second-order valence-electron chi connectivity index (χ2n) is 9.03. The predicted molar refractivity (Wildman–Crippen MR) is 100 cm³/mol. The Hall–Kier alpha value is -0.513. The molecule has 1 fully saturated rings. The van der Waals surface area contributed by atoms with Gasteiger partial charge in [0, 0.05) is 5.92 Å². The van der Waals surface area contributed by atoms with Crippen molar-refractivity contribution in [2.24, 2.45) is 5.92 Å². The van der Waals surface area contributed by atoms with E-state index in [9.17, 15) is 15.0 Å². The van der Waals surface area contributed by atoms with Crippen molar-refractivity contribution >= 4 is 14.3 Å². The molecule has 0 bridgehead atoms. The van der Waals surface area contributed by atoms with Gasteiger partial charge in [0.25, 0.3) is 0 Å². The van der Waals surface area contributed by atoms with E-state index in [1.165, 1.54) is 7.11 Å². The van der Waals surface area contributed by atoms with Crippen LogP contribution in [0.3, 0.4) is 0 Å². The molecule has 8 heteroatoms. The number of aliphatic hydroxyl groups is 2. The maximum atomic E-state index is 11.6. The largest absolute Gasteiger partial charge is 0.467 e. The SMILES string of the molecule is COC(=O)[C@@H](O)[C@H](O)[C@@H](C)[C@@H](O[Si](C)(C)C(C)(C)C)[C@H]1COC(C)(C)O1. The lowest BCUT2D eigenvalue weighted by Gasteiger charge is -2.43. The summed E-state index contributed by atoms with van der Waals surface area (Å²) in [4.78, 5) is 11.6. The Labute approximate surface area is 158 Å². The lowest BCUT2D eigenvalue weighted by atomic mass is 9.91. The molecule has 1 aliphatic rings. The van der Waals surface area contributed by atoms with Crippen LogP contribution >= 0.6 is 0 Å². The Morgan fingerprint density at radius 3 is 2.19 bits per heavy atom.